The Labute approximate surface area is 170 Å². The van der Waals surface area contributed by atoms with Crippen LogP contribution in [0.15, 0.2) is 12.2 Å². The Morgan fingerprint density at radius 1 is 1.11 bits per heavy atom. The molecule has 1 N–H and O–H groups in total. The van der Waals surface area contributed by atoms with Crippen molar-refractivity contribution in [1.82, 2.24) is 0 Å². The highest BCUT2D eigenvalue weighted by Gasteiger charge is 2.32. The van der Waals surface area contributed by atoms with Gasteiger partial charge in [-0.2, -0.15) is 0 Å². The standard InChI is InChI=1S/C15H34O5Si3.C3H8O/c1-14(2)15(16)18-12-11-17-10-9-13-21(3)19-23(7,8)20-22(4,5)6;1-2-3-4/h21H,1,9-13H2,2-8H3;4H,2-3H2,1H3. The second-order valence-corrected chi connectivity index (χ2v) is 18.9. The molecule has 162 valence electrons. The molecule has 27 heavy (non-hydrogen) atoms. The number of esters is 1. The fourth-order valence-corrected chi connectivity index (χ4v) is 13.8. The molecule has 0 aliphatic carbocycles. The maximum absolute atomic E-state index is 11.2. The lowest BCUT2D eigenvalue weighted by Gasteiger charge is -2.33. The Morgan fingerprint density at radius 3 is 2.11 bits per heavy atom. The molecule has 0 spiro atoms. The minimum Gasteiger partial charge on any atom is -0.460 e. The van der Waals surface area contributed by atoms with Gasteiger partial charge in [0.25, 0.3) is 0 Å². The van der Waals surface area contributed by atoms with Crippen LogP contribution in [0, 0.1) is 0 Å². The van der Waals surface area contributed by atoms with Crippen LogP contribution >= 0.6 is 0 Å². The number of aliphatic hydroxyl groups is 1. The first-order valence-corrected chi connectivity index (χ1v) is 18.4. The first kappa shape index (κ1) is 28.9. The van der Waals surface area contributed by atoms with Crippen molar-refractivity contribution in [2.45, 2.75) is 72.0 Å². The number of rotatable bonds is 13. The highest BCUT2D eigenvalue weighted by Crippen LogP contribution is 2.17. The molecular formula is C18H42O6Si3. The van der Waals surface area contributed by atoms with Crippen LogP contribution in [0.25, 0.3) is 0 Å². The van der Waals surface area contributed by atoms with Crippen LogP contribution in [0.3, 0.4) is 0 Å². The summed E-state index contributed by atoms with van der Waals surface area (Å²) in [7, 11) is -4.76. The maximum atomic E-state index is 11.2. The Hall–Kier alpha value is -0.299. The molecule has 0 aromatic rings. The molecule has 1 atom stereocenters. The third-order valence-corrected chi connectivity index (χ3v) is 12.5. The van der Waals surface area contributed by atoms with Crippen LogP contribution in [0.5, 0.6) is 0 Å². The first-order chi connectivity index (χ1) is 12.3. The van der Waals surface area contributed by atoms with E-state index in [1.165, 1.54) is 0 Å². The van der Waals surface area contributed by atoms with Gasteiger partial charge in [0.05, 0.1) is 6.61 Å². The SMILES string of the molecule is C=C(C)C(=O)OCCOCCC[SiH](C)O[Si](C)(C)O[Si](C)(C)C.CCCO. The van der Waals surface area contributed by atoms with Gasteiger partial charge in [-0.25, -0.2) is 4.79 Å². The topological polar surface area (TPSA) is 74.2 Å². The smallest absolute Gasteiger partial charge is 0.333 e. The molecule has 0 amide bonds. The van der Waals surface area contributed by atoms with E-state index in [1.807, 2.05) is 6.92 Å². The normalized spacial score (nSPS) is 12.8. The summed E-state index contributed by atoms with van der Waals surface area (Å²) in [4.78, 5) is 11.2. The summed E-state index contributed by atoms with van der Waals surface area (Å²) >= 11 is 0. The third kappa shape index (κ3) is 21.9. The van der Waals surface area contributed by atoms with Crippen molar-refractivity contribution in [2.75, 3.05) is 26.4 Å². The van der Waals surface area contributed by atoms with E-state index in [0.29, 0.717) is 25.4 Å². The van der Waals surface area contributed by atoms with E-state index in [-0.39, 0.29) is 12.6 Å². The second kappa shape index (κ2) is 15.6. The molecule has 0 radical (unpaired) electrons. The molecule has 0 aromatic carbocycles. The number of hydrogen-bond donors (Lipinski definition) is 1. The van der Waals surface area contributed by atoms with Crippen LogP contribution in [0.2, 0.25) is 45.3 Å². The van der Waals surface area contributed by atoms with E-state index in [0.717, 1.165) is 18.9 Å². The second-order valence-electron chi connectivity index (χ2n) is 7.94. The number of carbonyl (C=O) groups is 1. The monoisotopic (exact) mass is 438 g/mol. The van der Waals surface area contributed by atoms with Crippen molar-refractivity contribution in [1.29, 1.82) is 0 Å². The summed E-state index contributed by atoms with van der Waals surface area (Å²) in [6.07, 6.45) is 1.85. The average Bonchev–Trinajstić information content (AvgIpc) is 2.50. The lowest BCUT2D eigenvalue weighted by atomic mass is 10.4. The predicted molar refractivity (Wildman–Crippen MR) is 119 cm³/mol. The van der Waals surface area contributed by atoms with Gasteiger partial charge in [0.2, 0.25) is 0 Å². The third-order valence-electron chi connectivity index (χ3n) is 2.97. The van der Waals surface area contributed by atoms with E-state index >= 15 is 0 Å². The highest BCUT2D eigenvalue weighted by molar-refractivity contribution is 6.84. The quantitative estimate of drug-likeness (QED) is 0.204. The Kier molecular flexibility index (Phi) is 16.7. The molecule has 0 aliphatic heterocycles. The summed E-state index contributed by atoms with van der Waals surface area (Å²) in [5.41, 5.74) is 0.411. The van der Waals surface area contributed by atoms with E-state index in [9.17, 15) is 4.79 Å². The van der Waals surface area contributed by atoms with Crippen LogP contribution in [0.4, 0.5) is 0 Å². The zero-order valence-electron chi connectivity index (χ0n) is 18.7. The van der Waals surface area contributed by atoms with Gasteiger partial charge in [0.15, 0.2) is 17.4 Å². The molecule has 9 heteroatoms. The van der Waals surface area contributed by atoms with Crippen molar-refractivity contribution in [3.63, 3.8) is 0 Å². The molecule has 0 aromatic heterocycles. The van der Waals surface area contributed by atoms with Crippen LogP contribution < -0.4 is 0 Å². The molecule has 0 saturated heterocycles. The lowest BCUT2D eigenvalue weighted by molar-refractivity contribution is -0.140. The molecule has 0 fully saturated rings. The fourth-order valence-electron chi connectivity index (χ4n) is 2.20. The van der Waals surface area contributed by atoms with Gasteiger partial charge >= 0.3 is 14.5 Å². The van der Waals surface area contributed by atoms with Crippen LogP contribution in [-0.2, 0) is 22.5 Å². The fraction of sp³-hybridized carbons (Fsp3) is 0.833. The predicted octanol–water partition coefficient (Wildman–Crippen LogP) is 3.82. The molecule has 0 aliphatic rings. The number of carbonyl (C=O) groups excluding carboxylic acids is 1. The van der Waals surface area contributed by atoms with Crippen molar-refractivity contribution in [3.8, 4) is 0 Å². The summed E-state index contributed by atoms with van der Waals surface area (Å²) in [6.45, 7) is 21.9. The van der Waals surface area contributed by atoms with Gasteiger partial charge in [-0.3, -0.25) is 0 Å². The van der Waals surface area contributed by atoms with Gasteiger partial charge in [0, 0.05) is 18.8 Å². The molecule has 6 nitrogen and oxygen atoms in total. The first-order valence-electron chi connectivity index (χ1n) is 9.73. The Bertz CT molecular complexity index is 408. The highest BCUT2D eigenvalue weighted by atomic mass is 28.5. The van der Waals surface area contributed by atoms with Crippen LogP contribution in [0.1, 0.15) is 26.7 Å². The number of aliphatic hydroxyl groups excluding tert-OH is 1. The van der Waals surface area contributed by atoms with E-state index < -0.39 is 25.9 Å². The minimum atomic E-state index is -1.99. The van der Waals surface area contributed by atoms with Crippen molar-refractivity contribution in [2.24, 2.45) is 0 Å². The zero-order valence-corrected chi connectivity index (χ0v) is 21.9. The van der Waals surface area contributed by atoms with Gasteiger partial charge in [-0.1, -0.05) is 13.5 Å². The summed E-state index contributed by atoms with van der Waals surface area (Å²) in [5.74, 6) is -0.363. The molecule has 0 bridgehead atoms. The molecule has 1 unspecified atom stereocenters. The lowest BCUT2D eigenvalue weighted by Crippen LogP contribution is -2.47. The van der Waals surface area contributed by atoms with Gasteiger partial charge in [-0.05, 0) is 65.1 Å². The van der Waals surface area contributed by atoms with E-state index in [1.54, 1.807) is 6.92 Å². The average molecular weight is 439 g/mol. The molecular weight excluding hydrogens is 396 g/mol. The summed E-state index contributed by atoms with van der Waals surface area (Å²) in [5, 5.41) is 7.88. The Morgan fingerprint density at radius 2 is 1.67 bits per heavy atom. The van der Waals surface area contributed by atoms with Crippen molar-refractivity contribution in [3.05, 3.63) is 12.2 Å². The summed E-state index contributed by atoms with van der Waals surface area (Å²) < 4.78 is 22.9. The van der Waals surface area contributed by atoms with E-state index in [2.05, 4.69) is 45.9 Å². The maximum Gasteiger partial charge on any atom is 0.333 e. The van der Waals surface area contributed by atoms with Gasteiger partial charge in [-0.15, -0.1) is 0 Å². The molecule has 0 saturated carbocycles. The zero-order chi connectivity index (χ0) is 21.5. The molecule has 0 rings (SSSR count). The number of ether oxygens (including phenoxy) is 2. The molecule has 0 heterocycles. The largest absolute Gasteiger partial charge is 0.460 e. The van der Waals surface area contributed by atoms with Crippen molar-refractivity contribution >= 4 is 31.9 Å². The van der Waals surface area contributed by atoms with Crippen LogP contribution in [-0.4, -0.2) is 63.4 Å². The Balaban J connectivity index is 0. The van der Waals surface area contributed by atoms with E-state index in [4.69, 9.17) is 22.8 Å². The van der Waals surface area contributed by atoms with Gasteiger partial charge < -0.3 is 22.8 Å². The minimum absolute atomic E-state index is 0.277. The van der Waals surface area contributed by atoms with Gasteiger partial charge in [0.1, 0.15) is 6.61 Å². The van der Waals surface area contributed by atoms with Crippen molar-refractivity contribution < 1.29 is 27.6 Å². The number of hydrogen-bond acceptors (Lipinski definition) is 6. The summed E-state index contributed by atoms with van der Waals surface area (Å²) in [6, 6.07) is 1.07.